The summed E-state index contributed by atoms with van der Waals surface area (Å²) < 4.78 is 18.7. The first kappa shape index (κ1) is 15.2. The summed E-state index contributed by atoms with van der Waals surface area (Å²) in [5.74, 6) is -0.571. The summed E-state index contributed by atoms with van der Waals surface area (Å²) in [4.78, 5) is 10.3. The van der Waals surface area contributed by atoms with Crippen LogP contribution in [0.4, 0.5) is 10.1 Å². The summed E-state index contributed by atoms with van der Waals surface area (Å²) in [6, 6.07) is 8.21. The fourth-order valence-corrected chi connectivity index (χ4v) is 1.83. The molecule has 2 aromatic rings. The smallest absolute Gasteiger partial charge is 0.310 e. The summed E-state index contributed by atoms with van der Waals surface area (Å²) in [6.07, 6.45) is 0. The van der Waals surface area contributed by atoms with Crippen molar-refractivity contribution in [3.63, 3.8) is 0 Å². The van der Waals surface area contributed by atoms with Crippen LogP contribution in [0.3, 0.4) is 0 Å². The zero-order valence-corrected chi connectivity index (χ0v) is 11.5. The van der Waals surface area contributed by atoms with Crippen LogP contribution < -0.4 is 4.74 Å². The van der Waals surface area contributed by atoms with E-state index in [0.29, 0.717) is 11.1 Å². The fraction of sp³-hybridized carbons (Fsp3) is 0.143. The second kappa shape index (κ2) is 6.51. The van der Waals surface area contributed by atoms with Crippen molar-refractivity contribution in [3.05, 3.63) is 68.5 Å². The topological polar surface area (TPSA) is 72.6 Å². The molecule has 0 aliphatic rings. The Morgan fingerprint density at radius 3 is 2.57 bits per heavy atom. The Balaban J connectivity index is 2.21. The molecule has 0 radical (unpaired) electrons. The van der Waals surface area contributed by atoms with Crippen LogP contribution in [0.1, 0.15) is 11.1 Å². The number of aliphatic hydroxyl groups excluding tert-OH is 1. The van der Waals surface area contributed by atoms with Crippen LogP contribution in [0.25, 0.3) is 0 Å². The van der Waals surface area contributed by atoms with Gasteiger partial charge in [0.05, 0.1) is 16.6 Å². The minimum absolute atomic E-state index is 0.00740. The Hall–Kier alpha value is -2.18. The fourth-order valence-electron chi connectivity index (χ4n) is 1.71. The highest BCUT2D eigenvalue weighted by Crippen LogP contribution is 2.29. The summed E-state index contributed by atoms with van der Waals surface area (Å²) in [7, 11) is 0. The van der Waals surface area contributed by atoms with Crippen molar-refractivity contribution in [1.82, 2.24) is 0 Å². The van der Waals surface area contributed by atoms with Gasteiger partial charge in [0.1, 0.15) is 12.4 Å². The van der Waals surface area contributed by atoms with Gasteiger partial charge in [-0.15, -0.1) is 0 Å². The zero-order valence-electron chi connectivity index (χ0n) is 10.8. The lowest BCUT2D eigenvalue weighted by atomic mass is 10.2. The van der Waals surface area contributed by atoms with Crippen LogP contribution in [0.2, 0.25) is 5.02 Å². The van der Waals surface area contributed by atoms with E-state index in [2.05, 4.69) is 0 Å². The second-order valence-corrected chi connectivity index (χ2v) is 4.66. The molecule has 2 rings (SSSR count). The lowest BCUT2D eigenvalue weighted by molar-refractivity contribution is -0.386. The third-order valence-corrected chi connectivity index (χ3v) is 3.09. The van der Waals surface area contributed by atoms with Crippen LogP contribution >= 0.6 is 11.6 Å². The van der Waals surface area contributed by atoms with E-state index in [-0.39, 0.29) is 29.7 Å². The number of nitro groups is 1. The average Bonchev–Trinajstić information content (AvgIpc) is 2.48. The Morgan fingerprint density at radius 1 is 1.24 bits per heavy atom. The molecule has 1 N–H and O–H groups in total. The summed E-state index contributed by atoms with van der Waals surface area (Å²) in [6.45, 7) is -0.312. The van der Waals surface area contributed by atoms with Gasteiger partial charge in [0.25, 0.3) is 0 Å². The van der Waals surface area contributed by atoms with Crippen molar-refractivity contribution in [2.75, 3.05) is 0 Å². The monoisotopic (exact) mass is 311 g/mol. The predicted molar refractivity (Wildman–Crippen MR) is 74.8 cm³/mol. The molecule has 0 amide bonds. The zero-order chi connectivity index (χ0) is 15.4. The largest absolute Gasteiger partial charge is 0.482 e. The molecule has 0 saturated carbocycles. The molecule has 0 aliphatic heterocycles. The first-order chi connectivity index (χ1) is 10.0. The van der Waals surface area contributed by atoms with Crippen LogP contribution in [-0.4, -0.2) is 10.0 Å². The molecular formula is C14H11ClFNO4. The van der Waals surface area contributed by atoms with E-state index < -0.39 is 10.7 Å². The lowest BCUT2D eigenvalue weighted by Crippen LogP contribution is -2.00. The number of nitrogens with zero attached hydrogens (tertiary/aromatic N) is 1. The van der Waals surface area contributed by atoms with Gasteiger partial charge in [-0.2, -0.15) is 0 Å². The Bertz CT molecular complexity index is 678. The van der Waals surface area contributed by atoms with Crippen molar-refractivity contribution in [3.8, 4) is 5.75 Å². The molecular weight excluding hydrogens is 301 g/mol. The lowest BCUT2D eigenvalue weighted by Gasteiger charge is -2.08. The highest BCUT2D eigenvalue weighted by molar-refractivity contribution is 6.30. The van der Waals surface area contributed by atoms with E-state index in [1.807, 2.05) is 0 Å². The molecule has 7 heteroatoms. The van der Waals surface area contributed by atoms with Gasteiger partial charge in [-0.25, -0.2) is 4.39 Å². The molecule has 0 bridgehead atoms. The minimum Gasteiger partial charge on any atom is -0.482 e. The minimum atomic E-state index is -0.587. The van der Waals surface area contributed by atoms with Gasteiger partial charge in [-0.05, 0) is 35.4 Å². The molecule has 2 aromatic carbocycles. The first-order valence-electron chi connectivity index (χ1n) is 5.96. The summed E-state index contributed by atoms with van der Waals surface area (Å²) in [5, 5.41) is 20.0. The highest BCUT2D eigenvalue weighted by Gasteiger charge is 2.15. The maximum absolute atomic E-state index is 13.3. The van der Waals surface area contributed by atoms with Gasteiger partial charge in [0.15, 0.2) is 5.75 Å². The molecule has 0 heterocycles. The number of hydrogen-bond acceptors (Lipinski definition) is 4. The summed E-state index contributed by atoms with van der Waals surface area (Å²) >= 11 is 5.57. The number of rotatable bonds is 5. The Labute approximate surface area is 124 Å². The van der Waals surface area contributed by atoms with Crippen molar-refractivity contribution in [2.45, 2.75) is 13.2 Å². The number of hydrogen-bond donors (Lipinski definition) is 1. The molecule has 0 atom stereocenters. The molecule has 0 aromatic heterocycles. The number of benzene rings is 2. The van der Waals surface area contributed by atoms with Crippen LogP contribution in [-0.2, 0) is 13.2 Å². The number of halogens is 2. The molecule has 21 heavy (non-hydrogen) atoms. The number of nitro benzene ring substituents is 1. The predicted octanol–water partition coefficient (Wildman–Crippen LogP) is 3.46. The maximum atomic E-state index is 13.3. The molecule has 0 spiro atoms. The van der Waals surface area contributed by atoms with Gasteiger partial charge in [0, 0.05) is 6.07 Å². The third kappa shape index (κ3) is 3.68. The Morgan fingerprint density at radius 2 is 1.95 bits per heavy atom. The van der Waals surface area contributed by atoms with E-state index in [4.69, 9.17) is 21.4 Å². The van der Waals surface area contributed by atoms with Gasteiger partial charge in [-0.3, -0.25) is 10.1 Å². The molecule has 0 fully saturated rings. The quantitative estimate of drug-likeness (QED) is 0.678. The SMILES string of the molecule is O=[N+]([O-])c1ccc(CO)cc1OCc1ccc(Cl)c(F)c1. The molecule has 0 aliphatic carbocycles. The Kier molecular flexibility index (Phi) is 4.72. The maximum Gasteiger partial charge on any atom is 0.310 e. The van der Waals surface area contributed by atoms with Gasteiger partial charge < -0.3 is 9.84 Å². The van der Waals surface area contributed by atoms with E-state index in [9.17, 15) is 14.5 Å². The van der Waals surface area contributed by atoms with E-state index in [0.717, 1.165) is 0 Å². The van der Waals surface area contributed by atoms with Crippen molar-refractivity contribution in [1.29, 1.82) is 0 Å². The van der Waals surface area contributed by atoms with Crippen LogP contribution in [0.15, 0.2) is 36.4 Å². The van der Waals surface area contributed by atoms with Crippen molar-refractivity contribution in [2.24, 2.45) is 0 Å². The van der Waals surface area contributed by atoms with Crippen molar-refractivity contribution < 1.29 is 19.2 Å². The normalized spacial score (nSPS) is 10.4. The summed E-state index contributed by atoms with van der Waals surface area (Å²) in [5.41, 5.74) is 0.750. The first-order valence-corrected chi connectivity index (χ1v) is 6.34. The van der Waals surface area contributed by atoms with E-state index in [1.54, 1.807) is 6.07 Å². The number of ether oxygens (including phenoxy) is 1. The highest BCUT2D eigenvalue weighted by atomic mass is 35.5. The van der Waals surface area contributed by atoms with Gasteiger partial charge in [0.2, 0.25) is 0 Å². The van der Waals surface area contributed by atoms with Gasteiger partial charge >= 0.3 is 5.69 Å². The molecule has 110 valence electrons. The van der Waals surface area contributed by atoms with E-state index in [1.165, 1.54) is 30.3 Å². The number of aliphatic hydroxyl groups is 1. The van der Waals surface area contributed by atoms with Gasteiger partial charge in [-0.1, -0.05) is 17.7 Å². The van der Waals surface area contributed by atoms with Crippen molar-refractivity contribution >= 4 is 17.3 Å². The second-order valence-electron chi connectivity index (χ2n) is 4.25. The molecule has 5 nitrogen and oxygen atoms in total. The molecule has 0 saturated heterocycles. The third-order valence-electron chi connectivity index (χ3n) is 2.78. The van der Waals surface area contributed by atoms with Crippen LogP contribution in [0.5, 0.6) is 5.75 Å². The average molecular weight is 312 g/mol. The standard InChI is InChI=1S/C14H11ClFNO4/c15-11-3-1-10(5-12(11)16)8-21-14-6-9(7-18)2-4-13(14)17(19)20/h1-6,18H,7-8H2. The van der Waals surface area contributed by atoms with E-state index >= 15 is 0 Å². The molecule has 0 unspecified atom stereocenters. The van der Waals surface area contributed by atoms with Crippen LogP contribution in [0, 0.1) is 15.9 Å².